The number of nitrogens with two attached hydrogens (primary N) is 1. The SMILES string of the molecule is Cc1ccnc(N2CCOCC2)c1C(=N)N. The lowest BCUT2D eigenvalue weighted by Crippen LogP contribution is -2.38. The summed E-state index contributed by atoms with van der Waals surface area (Å²) in [5.74, 6) is 0.878. The molecule has 1 fully saturated rings. The molecule has 16 heavy (non-hydrogen) atoms. The summed E-state index contributed by atoms with van der Waals surface area (Å²) in [5, 5.41) is 7.62. The van der Waals surface area contributed by atoms with Crippen molar-refractivity contribution in [3.05, 3.63) is 23.4 Å². The summed E-state index contributed by atoms with van der Waals surface area (Å²) in [6.45, 7) is 4.95. The zero-order valence-corrected chi connectivity index (χ0v) is 9.36. The third-order valence-corrected chi connectivity index (χ3v) is 2.72. The number of aryl methyl sites for hydroxylation is 1. The number of morpholine rings is 1. The highest BCUT2D eigenvalue weighted by atomic mass is 16.5. The smallest absolute Gasteiger partial charge is 0.139 e. The molecule has 1 aliphatic rings. The van der Waals surface area contributed by atoms with Gasteiger partial charge in [-0.15, -0.1) is 0 Å². The van der Waals surface area contributed by atoms with Gasteiger partial charge in [0.1, 0.15) is 11.7 Å². The second-order valence-electron chi connectivity index (χ2n) is 3.84. The maximum Gasteiger partial charge on any atom is 0.139 e. The Morgan fingerprint density at radius 1 is 1.50 bits per heavy atom. The van der Waals surface area contributed by atoms with Crippen LogP contribution in [0.3, 0.4) is 0 Å². The Labute approximate surface area is 94.7 Å². The number of pyridine rings is 1. The Bertz CT molecular complexity index is 399. The van der Waals surface area contributed by atoms with Crippen LogP contribution in [0, 0.1) is 12.3 Å². The minimum absolute atomic E-state index is 0.0760. The van der Waals surface area contributed by atoms with Gasteiger partial charge >= 0.3 is 0 Å². The Hall–Kier alpha value is -1.62. The van der Waals surface area contributed by atoms with Crippen LogP contribution >= 0.6 is 0 Å². The van der Waals surface area contributed by atoms with E-state index in [4.69, 9.17) is 15.9 Å². The van der Waals surface area contributed by atoms with Gasteiger partial charge in [0, 0.05) is 19.3 Å². The van der Waals surface area contributed by atoms with Gasteiger partial charge in [0.2, 0.25) is 0 Å². The molecule has 2 rings (SSSR count). The van der Waals surface area contributed by atoms with Crippen molar-refractivity contribution >= 4 is 11.7 Å². The number of amidine groups is 1. The molecule has 5 nitrogen and oxygen atoms in total. The van der Waals surface area contributed by atoms with Gasteiger partial charge in [-0.05, 0) is 18.6 Å². The predicted molar refractivity (Wildman–Crippen MR) is 63.0 cm³/mol. The van der Waals surface area contributed by atoms with E-state index in [9.17, 15) is 0 Å². The van der Waals surface area contributed by atoms with Crippen LogP contribution in [0.2, 0.25) is 0 Å². The van der Waals surface area contributed by atoms with E-state index in [1.807, 2.05) is 13.0 Å². The monoisotopic (exact) mass is 220 g/mol. The number of hydrogen-bond donors (Lipinski definition) is 2. The minimum atomic E-state index is 0.0760. The first kappa shape index (κ1) is 10.9. The van der Waals surface area contributed by atoms with Crippen LogP contribution in [0.4, 0.5) is 5.82 Å². The van der Waals surface area contributed by atoms with Gasteiger partial charge in [-0.1, -0.05) is 0 Å². The first-order valence-electron chi connectivity index (χ1n) is 5.33. The van der Waals surface area contributed by atoms with Crippen LogP contribution in [-0.2, 0) is 4.74 Å². The van der Waals surface area contributed by atoms with E-state index in [-0.39, 0.29) is 5.84 Å². The average molecular weight is 220 g/mol. The van der Waals surface area contributed by atoms with Crippen molar-refractivity contribution in [2.75, 3.05) is 31.2 Å². The summed E-state index contributed by atoms with van der Waals surface area (Å²) < 4.78 is 5.30. The molecule has 1 aromatic rings. The molecule has 0 unspecified atom stereocenters. The highest BCUT2D eigenvalue weighted by Gasteiger charge is 2.18. The Morgan fingerprint density at radius 3 is 2.81 bits per heavy atom. The highest BCUT2D eigenvalue weighted by Crippen LogP contribution is 2.21. The van der Waals surface area contributed by atoms with Crippen molar-refractivity contribution in [3.63, 3.8) is 0 Å². The molecule has 0 radical (unpaired) electrons. The number of rotatable bonds is 2. The molecule has 0 atom stereocenters. The van der Waals surface area contributed by atoms with Crippen LogP contribution in [0.5, 0.6) is 0 Å². The molecule has 3 N–H and O–H groups in total. The molecule has 86 valence electrons. The molecule has 2 heterocycles. The fourth-order valence-electron chi connectivity index (χ4n) is 1.89. The van der Waals surface area contributed by atoms with Crippen LogP contribution in [-0.4, -0.2) is 37.1 Å². The minimum Gasteiger partial charge on any atom is -0.384 e. The van der Waals surface area contributed by atoms with Crippen molar-refractivity contribution in [1.29, 1.82) is 5.41 Å². The first-order valence-corrected chi connectivity index (χ1v) is 5.33. The largest absolute Gasteiger partial charge is 0.384 e. The molecule has 1 aliphatic heterocycles. The normalized spacial score (nSPS) is 16.2. The summed E-state index contributed by atoms with van der Waals surface area (Å²) in [4.78, 5) is 6.45. The fourth-order valence-corrected chi connectivity index (χ4v) is 1.89. The molecular weight excluding hydrogens is 204 g/mol. The van der Waals surface area contributed by atoms with Crippen molar-refractivity contribution in [3.8, 4) is 0 Å². The summed E-state index contributed by atoms with van der Waals surface area (Å²) in [6, 6.07) is 1.88. The summed E-state index contributed by atoms with van der Waals surface area (Å²) in [5.41, 5.74) is 7.34. The topological polar surface area (TPSA) is 75.2 Å². The molecule has 0 bridgehead atoms. The van der Waals surface area contributed by atoms with Gasteiger partial charge in [-0.25, -0.2) is 4.98 Å². The zero-order chi connectivity index (χ0) is 11.5. The molecule has 0 spiro atoms. The van der Waals surface area contributed by atoms with Crippen LogP contribution in [0.25, 0.3) is 0 Å². The Kier molecular flexibility index (Phi) is 3.05. The number of anilines is 1. The van der Waals surface area contributed by atoms with E-state index in [0.29, 0.717) is 13.2 Å². The van der Waals surface area contributed by atoms with Gasteiger partial charge < -0.3 is 15.4 Å². The molecule has 0 aromatic carbocycles. The second-order valence-corrected chi connectivity index (χ2v) is 3.84. The number of aromatic nitrogens is 1. The molecule has 1 saturated heterocycles. The van der Waals surface area contributed by atoms with E-state index >= 15 is 0 Å². The van der Waals surface area contributed by atoms with E-state index in [2.05, 4.69) is 9.88 Å². The van der Waals surface area contributed by atoms with Crippen molar-refractivity contribution < 1.29 is 4.74 Å². The molecular formula is C11H16N4O. The Balaban J connectivity index is 2.38. The standard InChI is InChI=1S/C11H16N4O/c1-8-2-3-14-11(9(8)10(12)13)15-4-6-16-7-5-15/h2-3H,4-7H2,1H3,(H3,12,13). The van der Waals surface area contributed by atoms with Gasteiger partial charge in [0.05, 0.1) is 18.8 Å². The molecule has 5 heteroatoms. The lowest BCUT2D eigenvalue weighted by Gasteiger charge is -2.29. The number of hydrogen-bond acceptors (Lipinski definition) is 4. The van der Waals surface area contributed by atoms with Gasteiger partial charge in [0.15, 0.2) is 0 Å². The average Bonchev–Trinajstić information content (AvgIpc) is 2.29. The van der Waals surface area contributed by atoms with Crippen LogP contribution in [0.15, 0.2) is 12.3 Å². The van der Waals surface area contributed by atoms with E-state index in [1.165, 1.54) is 0 Å². The number of ether oxygens (including phenoxy) is 1. The molecule has 0 aliphatic carbocycles. The molecule has 1 aromatic heterocycles. The van der Waals surface area contributed by atoms with Crippen LogP contribution < -0.4 is 10.6 Å². The third-order valence-electron chi connectivity index (χ3n) is 2.72. The number of nitrogen functional groups attached to an aromatic ring is 1. The summed E-state index contributed by atoms with van der Waals surface area (Å²) >= 11 is 0. The summed E-state index contributed by atoms with van der Waals surface area (Å²) in [7, 11) is 0. The van der Waals surface area contributed by atoms with Gasteiger partial charge in [-0.2, -0.15) is 0 Å². The maximum atomic E-state index is 7.62. The van der Waals surface area contributed by atoms with Crippen LogP contribution in [0.1, 0.15) is 11.1 Å². The fraction of sp³-hybridized carbons (Fsp3) is 0.455. The van der Waals surface area contributed by atoms with E-state index in [0.717, 1.165) is 30.0 Å². The second kappa shape index (κ2) is 4.49. The van der Waals surface area contributed by atoms with Gasteiger partial charge in [-0.3, -0.25) is 5.41 Å². The maximum absolute atomic E-state index is 7.62. The van der Waals surface area contributed by atoms with Gasteiger partial charge in [0.25, 0.3) is 0 Å². The molecule has 0 saturated carbocycles. The lowest BCUT2D eigenvalue weighted by atomic mass is 10.1. The quantitative estimate of drug-likeness (QED) is 0.562. The Morgan fingerprint density at radius 2 is 2.19 bits per heavy atom. The van der Waals surface area contributed by atoms with Crippen molar-refractivity contribution in [2.24, 2.45) is 5.73 Å². The first-order chi connectivity index (χ1) is 7.70. The lowest BCUT2D eigenvalue weighted by molar-refractivity contribution is 0.122. The number of nitrogens with zero attached hydrogens (tertiary/aromatic N) is 2. The molecule has 0 amide bonds. The van der Waals surface area contributed by atoms with Crippen molar-refractivity contribution in [1.82, 2.24) is 4.98 Å². The zero-order valence-electron chi connectivity index (χ0n) is 9.36. The van der Waals surface area contributed by atoms with E-state index in [1.54, 1.807) is 6.20 Å². The highest BCUT2D eigenvalue weighted by molar-refractivity contribution is 6.01. The number of nitrogens with one attached hydrogen (secondary N) is 1. The van der Waals surface area contributed by atoms with E-state index < -0.39 is 0 Å². The third kappa shape index (κ3) is 1.99. The predicted octanol–water partition coefficient (Wildman–Crippen LogP) is 0.511. The summed E-state index contributed by atoms with van der Waals surface area (Å²) in [6.07, 6.45) is 1.76. The van der Waals surface area contributed by atoms with Crippen molar-refractivity contribution in [2.45, 2.75) is 6.92 Å².